The Bertz CT molecular complexity index is 1400. The number of fused-ring (bicyclic) bond motifs is 6. The van der Waals surface area contributed by atoms with Gasteiger partial charge in [0.25, 0.3) is 0 Å². The fraction of sp³-hybridized carbons (Fsp3) is 0.148. The molecule has 2 aliphatic rings. The van der Waals surface area contributed by atoms with Gasteiger partial charge in [0.1, 0.15) is 17.5 Å². The normalized spacial score (nSPS) is 22.7. The molecule has 0 amide bonds. The van der Waals surface area contributed by atoms with Gasteiger partial charge in [0, 0.05) is 28.3 Å². The smallest absolute Gasteiger partial charge is 0.135 e. The summed E-state index contributed by atoms with van der Waals surface area (Å²) in [5.41, 5.74) is 10.4. The Morgan fingerprint density at radius 3 is 2.68 bits per heavy atom. The average molecular weight is 406 g/mol. The number of hydrogen-bond donors (Lipinski definition) is 1. The Hall–Kier alpha value is -3.63. The first kappa shape index (κ1) is 18.2. The SMILES string of the molecule is CC12C=CC=CC1c1cc3c4ccccc4n(/C=N/C(N)c4ccccc4)c3cc1O2. The minimum atomic E-state index is -0.417. The van der Waals surface area contributed by atoms with Crippen LogP contribution in [-0.4, -0.2) is 16.5 Å². The first-order valence-electron chi connectivity index (χ1n) is 10.6. The van der Waals surface area contributed by atoms with Crippen LogP contribution in [0.4, 0.5) is 0 Å². The predicted molar refractivity (Wildman–Crippen MR) is 127 cm³/mol. The summed E-state index contributed by atoms with van der Waals surface area (Å²) in [4.78, 5) is 4.67. The third kappa shape index (κ3) is 2.76. The lowest BCUT2D eigenvalue weighted by molar-refractivity contribution is 0.155. The van der Waals surface area contributed by atoms with Gasteiger partial charge in [-0.15, -0.1) is 0 Å². The Balaban J connectivity index is 1.52. The molecule has 152 valence electrons. The van der Waals surface area contributed by atoms with Crippen LogP contribution in [0.3, 0.4) is 0 Å². The molecule has 0 fully saturated rings. The maximum Gasteiger partial charge on any atom is 0.135 e. The van der Waals surface area contributed by atoms with Crippen molar-refractivity contribution in [2.24, 2.45) is 10.7 Å². The summed E-state index contributed by atoms with van der Waals surface area (Å²) in [7, 11) is 0. The van der Waals surface area contributed by atoms with E-state index in [1.54, 1.807) is 0 Å². The third-order valence-corrected chi connectivity index (χ3v) is 6.45. The second kappa shape index (κ2) is 6.69. The zero-order chi connectivity index (χ0) is 21.0. The van der Waals surface area contributed by atoms with E-state index >= 15 is 0 Å². The van der Waals surface area contributed by atoms with Gasteiger partial charge in [-0.3, -0.25) is 9.56 Å². The number of aromatic nitrogens is 1. The topological polar surface area (TPSA) is 52.5 Å². The van der Waals surface area contributed by atoms with E-state index in [1.807, 2.05) is 36.7 Å². The van der Waals surface area contributed by atoms with Crippen LogP contribution >= 0.6 is 0 Å². The maximum absolute atomic E-state index is 6.43. The summed E-state index contributed by atoms with van der Waals surface area (Å²) in [5, 5.41) is 2.40. The van der Waals surface area contributed by atoms with E-state index in [2.05, 4.69) is 77.2 Å². The monoisotopic (exact) mass is 405 g/mol. The molecule has 4 nitrogen and oxygen atoms in total. The molecule has 2 heterocycles. The van der Waals surface area contributed by atoms with Crippen LogP contribution < -0.4 is 10.5 Å². The van der Waals surface area contributed by atoms with E-state index in [9.17, 15) is 0 Å². The molecule has 6 rings (SSSR count). The molecular weight excluding hydrogens is 382 g/mol. The van der Waals surface area contributed by atoms with Gasteiger partial charge < -0.3 is 10.5 Å². The number of nitrogens with zero attached hydrogens (tertiary/aromatic N) is 2. The summed E-state index contributed by atoms with van der Waals surface area (Å²) in [6.07, 6.45) is 9.98. The second-order valence-corrected chi connectivity index (χ2v) is 8.42. The van der Waals surface area contributed by atoms with E-state index in [4.69, 9.17) is 10.5 Å². The molecule has 1 aliphatic heterocycles. The van der Waals surface area contributed by atoms with Crippen LogP contribution in [0.15, 0.2) is 96.0 Å². The number of para-hydroxylation sites is 1. The van der Waals surface area contributed by atoms with Crippen molar-refractivity contribution in [1.29, 1.82) is 0 Å². The Kier molecular flexibility index (Phi) is 3.92. The van der Waals surface area contributed by atoms with Crippen molar-refractivity contribution in [2.45, 2.75) is 24.6 Å². The summed E-state index contributed by atoms with van der Waals surface area (Å²) in [6.45, 7) is 2.15. The molecule has 3 unspecified atom stereocenters. The molecular formula is C27H23N3O. The number of nitrogens with two attached hydrogens (primary N) is 1. The van der Waals surface area contributed by atoms with Crippen molar-refractivity contribution in [3.05, 3.63) is 102 Å². The zero-order valence-electron chi connectivity index (χ0n) is 17.3. The number of rotatable bonds is 3. The standard InChI is InChI=1S/C27H23N3O/c1-27-14-8-7-12-22(27)21-15-20-19-11-5-6-13-23(19)30(24(20)16-25(21)31-27)17-29-26(28)18-9-3-2-4-10-18/h2-17,22,26H,28H2,1H3/b29-17+. The van der Waals surface area contributed by atoms with Crippen molar-refractivity contribution in [2.75, 3.05) is 0 Å². The molecule has 0 saturated carbocycles. The largest absolute Gasteiger partial charge is 0.482 e. The van der Waals surface area contributed by atoms with Crippen LogP contribution in [0.25, 0.3) is 21.8 Å². The van der Waals surface area contributed by atoms with E-state index in [1.165, 1.54) is 16.3 Å². The van der Waals surface area contributed by atoms with Crippen LogP contribution in [0.5, 0.6) is 5.75 Å². The quantitative estimate of drug-likeness (QED) is 0.352. The van der Waals surface area contributed by atoms with Crippen molar-refractivity contribution in [3.63, 3.8) is 0 Å². The number of hydrogen-bond acceptors (Lipinski definition) is 3. The second-order valence-electron chi connectivity index (χ2n) is 8.42. The Morgan fingerprint density at radius 2 is 1.81 bits per heavy atom. The van der Waals surface area contributed by atoms with E-state index in [-0.39, 0.29) is 11.5 Å². The number of aliphatic imine (C=N–C) groups is 1. The highest BCUT2D eigenvalue weighted by Gasteiger charge is 2.42. The lowest BCUT2D eigenvalue weighted by atomic mass is 9.82. The Labute approximate surface area is 181 Å². The summed E-state index contributed by atoms with van der Waals surface area (Å²) >= 11 is 0. The maximum atomic E-state index is 6.43. The molecule has 0 radical (unpaired) electrons. The van der Waals surface area contributed by atoms with E-state index in [0.717, 1.165) is 22.3 Å². The molecule has 4 aromatic rings. The summed E-state index contributed by atoms with van der Waals surface area (Å²) < 4.78 is 8.55. The number of ether oxygens (including phenoxy) is 1. The van der Waals surface area contributed by atoms with Gasteiger partial charge in [-0.1, -0.05) is 66.8 Å². The fourth-order valence-corrected chi connectivity index (χ4v) is 4.84. The minimum Gasteiger partial charge on any atom is -0.482 e. The molecule has 2 N–H and O–H groups in total. The average Bonchev–Trinajstić information content (AvgIpc) is 3.27. The molecule has 3 aromatic carbocycles. The highest BCUT2D eigenvalue weighted by Crippen LogP contribution is 2.49. The molecule has 1 aromatic heterocycles. The lowest BCUT2D eigenvalue weighted by Crippen LogP contribution is -2.32. The van der Waals surface area contributed by atoms with Crippen molar-refractivity contribution >= 4 is 28.1 Å². The van der Waals surface area contributed by atoms with E-state index in [0.29, 0.717) is 0 Å². The minimum absolute atomic E-state index is 0.221. The van der Waals surface area contributed by atoms with E-state index < -0.39 is 6.17 Å². The van der Waals surface area contributed by atoms with Crippen LogP contribution in [0, 0.1) is 0 Å². The molecule has 0 spiro atoms. The predicted octanol–water partition coefficient (Wildman–Crippen LogP) is 5.69. The van der Waals surface area contributed by atoms with Crippen molar-refractivity contribution in [1.82, 2.24) is 4.57 Å². The fourth-order valence-electron chi connectivity index (χ4n) is 4.84. The first-order chi connectivity index (χ1) is 15.1. The highest BCUT2D eigenvalue weighted by atomic mass is 16.5. The highest BCUT2D eigenvalue weighted by molar-refractivity contribution is 6.12. The zero-order valence-corrected chi connectivity index (χ0v) is 17.3. The van der Waals surface area contributed by atoms with Crippen LogP contribution in [0.2, 0.25) is 0 Å². The number of benzene rings is 3. The van der Waals surface area contributed by atoms with Gasteiger partial charge in [0.2, 0.25) is 0 Å². The molecule has 3 atom stereocenters. The van der Waals surface area contributed by atoms with Crippen molar-refractivity contribution < 1.29 is 4.74 Å². The lowest BCUT2D eigenvalue weighted by Gasteiger charge is -2.27. The van der Waals surface area contributed by atoms with Gasteiger partial charge in [-0.2, -0.15) is 0 Å². The van der Waals surface area contributed by atoms with Crippen LogP contribution in [-0.2, 0) is 0 Å². The van der Waals surface area contributed by atoms with Gasteiger partial charge in [-0.05, 0) is 30.7 Å². The first-order valence-corrected chi connectivity index (χ1v) is 10.6. The molecule has 1 aliphatic carbocycles. The third-order valence-electron chi connectivity index (χ3n) is 6.45. The van der Waals surface area contributed by atoms with Gasteiger partial charge in [0.15, 0.2) is 0 Å². The molecule has 0 bridgehead atoms. The van der Waals surface area contributed by atoms with Crippen molar-refractivity contribution in [3.8, 4) is 5.75 Å². The summed E-state index contributed by atoms with van der Waals surface area (Å²) in [6, 6.07) is 22.8. The molecule has 4 heteroatoms. The number of allylic oxidation sites excluding steroid dienone is 2. The van der Waals surface area contributed by atoms with Gasteiger partial charge in [0.05, 0.1) is 17.4 Å². The molecule has 0 saturated heterocycles. The van der Waals surface area contributed by atoms with Gasteiger partial charge in [-0.25, -0.2) is 0 Å². The Morgan fingerprint density at radius 1 is 1.00 bits per heavy atom. The van der Waals surface area contributed by atoms with Gasteiger partial charge >= 0.3 is 0 Å². The molecule has 31 heavy (non-hydrogen) atoms. The summed E-state index contributed by atoms with van der Waals surface area (Å²) in [5.74, 6) is 1.15. The van der Waals surface area contributed by atoms with Crippen LogP contribution in [0.1, 0.15) is 30.1 Å².